The van der Waals surface area contributed by atoms with Crippen LogP contribution in [-0.2, 0) is 0 Å². The van der Waals surface area contributed by atoms with Crippen LogP contribution in [0.1, 0.15) is 0 Å². The number of fused-ring (bicyclic) bond motifs is 3. The number of nitrogens with zero attached hydrogens (tertiary/aromatic N) is 2. The Hall–Kier alpha value is -2.65. The summed E-state index contributed by atoms with van der Waals surface area (Å²) in [7, 11) is 0. The summed E-state index contributed by atoms with van der Waals surface area (Å²) in [5.41, 5.74) is 1.56. The summed E-state index contributed by atoms with van der Waals surface area (Å²) >= 11 is 6.25. The number of rotatable bonds is 1. The molecule has 2 aromatic carbocycles. The third-order valence-corrected chi connectivity index (χ3v) is 4.05. The van der Waals surface area contributed by atoms with E-state index in [4.69, 9.17) is 11.6 Å². The van der Waals surface area contributed by atoms with Crippen LogP contribution in [0.2, 0.25) is 5.15 Å². The number of halogens is 1. The molecular weight excluding hydrogens is 296 g/mol. The van der Waals surface area contributed by atoms with Gasteiger partial charge in [-0.25, -0.2) is 4.98 Å². The van der Waals surface area contributed by atoms with Crippen LogP contribution in [0, 0.1) is 0 Å². The second-order valence-corrected chi connectivity index (χ2v) is 5.38. The molecule has 2 aromatic heterocycles. The van der Waals surface area contributed by atoms with Crippen molar-refractivity contribution in [1.82, 2.24) is 9.55 Å². The molecule has 3 nitrogen and oxygen atoms in total. The maximum atomic E-state index is 13.0. The Morgan fingerprint density at radius 2 is 1.59 bits per heavy atom. The fraction of sp³-hybridized carbons (Fsp3) is 0. The molecule has 0 amide bonds. The maximum absolute atomic E-state index is 13.0. The van der Waals surface area contributed by atoms with Crippen molar-refractivity contribution in [3.05, 3.63) is 82.4 Å². The second kappa shape index (κ2) is 4.97. The van der Waals surface area contributed by atoms with Crippen molar-refractivity contribution < 1.29 is 0 Å². The highest BCUT2D eigenvalue weighted by molar-refractivity contribution is 6.36. The predicted molar refractivity (Wildman–Crippen MR) is 89.9 cm³/mol. The molecule has 22 heavy (non-hydrogen) atoms. The molecule has 4 heteroatoms. The largest absolute Gasteiger partial charge is 0.276 e. The predicted octanol–water partition coefficient (Wildman–Crippen LogP) is 4.19. The fourth-order valence-electron chi connectivity index (χ4n) is 2.81. The van der Waals surface area contributed by atoms with Gasteiger partial charge in [0.1, 0.15) is 5.15 Å². The molecule has 0 saturated carbocycles. The molecule has 106 valence electrons. The van der Waals surface area contributed by atoms with Gasteiger partial charge in [0.25, 0.3) is 5.56 Å². The van der Waals surface area contributed by atoms with Crippen molar-refractivity contribution in [2.45, 2.75) is 0 Å². The molecule has 0 spiro atoms. The molecule has 0 fully saturated rings. The number of hydrogen-bond acceptors (Lipinski definition) is 2. The molecule has 0 bridgehead atoms. The van der Waals surface area contributed by atoms with Crippen molar-refractivity contribution in [3.8, 4) is 5.69 Å². The van der Waals surface area contributed by atoms with Gasteiger partial charge in [0, 0.05) is 22.7 Å². The van der Waals surface area contributed by atoms with Gasteiger partial charge in [0.2, 0.25) is 0 Å². The van der Waals surface area contributed by atoms with E-state index in [1.807, 2.05) is 54.6 Å². The van der Waals surface area contributed by atoms with Gasteiger partial charge in [-0.15, -0.1) is 0 Å². The Morgan fingerprint density at radius 3 is 2.41 bits per heavy atom. The Morgan fingerprint density at radius 1 is 0.864 bits per heavy atom. The van der Waals surface area contributed by atoms with Crippen molar-refractivity contribution in [2.75, 3.05) is 0 Å². The normalized spacial score (nSPS) is 11.1. The average Bonchev–Trinajstić information content (AvgIpc) is 2.56. The SMILES string of the molecule is O=c1c2ccnc(Cl)c2c2ccccc2n1-c1ccccc1. The van der Waals surface area contributed by atoms with Crippen molar-refractivity contribution in [2.24, 2.45) is 0 Å². The van der Waals surface area contributed by atoms with Gasteiger partial charge >= 0.3 is 0 Å². The molecule has 0 unspecified atom stereocenters. The zero-order chi connectivity index (χ0) is 15.1. The molecule has 0 N–H and O–H groups in total. The van der Waals surface area contributed by atoms with Crippen LogP contribution >= 0.6 is 11.6 Å². The summed E-state index contributed by atoms with van der Waals surface area (Å²) in [6, 6.07) is 19.1. The molecule has 0 saturated heterocycles. The number of aromatic nitrogens is 2. The van der Waals surface area contributed by atoms with Crippen LogP contribution in [0.25, 0.3) is 27.4 Å². The minimum Gasteiger partial charge on any atom is -0.276 e. The number of hydrogen-bond donors (Lipinski definition) is 0. The van der Waals surface area contributed by atoms with E-state index in [9.17, 15) is 4.79 Å². The van der Waals surface area contributed by atoms with Gasteiger partial charge < -0.3 is 0 Å². The molecular formula is C18H11ClN2O. The monoisotopic (exact) mass is 306 g/mol. The lowest BCUT2D eigenvalue weighted by Gasteiger charge is -2.13. The summed E-state index contributed by atoms with van der Waals surface area (Å²) in [5.74, 6) is 0. The van der Waals surface area contributed by atoms with E-state index in [-0.39, 0.29) is 5.56 Å². The van der Waals surface area contributed by atoms with E-state index >= 15 is 0 Å². The van der Waals surface area contributed by atoms with Gasteiger partial charge in [0.15, 0.2) is 0 Å². The average molecular weight is 307 g/mol. The van der Waals surface area contributed by atoms with Gasteiger partial charge in [-0.2, -0.15) is 0 Å². The first-order valence-electron chi connectivity index (χ1n) is 6.91. The first-order valence-corrected chi connectivity index (χ1v) is 7.28. The summed E-state index contributed by atoms with van der Waals surface area (Å²) in [6.07, 6.45) is 1.57. The van der Waals surface area contributed by atoms with Crippen molar-refractivity contribution in [1.29, 1.82) is 0 Å². The highest BCUT2D eigenvalue weighted by Gasteiger charge is 2.14. The van der Waals surface area contributed by atoms with Crippen LogP contribution in [0.15, 0.2) is 71.7 Å². The lowest BCUT2D eigenvalue weighted by Crippen LogP contribution is -2.19. The van der Waals surface area contributed by atoms with E-state index in [0.29, 0.717) is 15.9 Å². The molecule has 2 heterocycles. The van der Waals surface area contributed by atoms with Crippen LogP contribution in [0.5, 0.6) is 0 Å². The zero-order valence-corrected chi connectivity index (χ0v) is 12.3. The summed E-state index contributed by atoms with van der Waals surface area (Å²) in [5, 5.41) is 2.55. The number of benzene rings is 2. The number of para-hydroxylation sites is 2. The van der Waals surface area contributed by atoms with E-state index in [1.165, 1.54) is 0 Å². The number of pyridine rings is 2. The first-order chi connectivity index (χ1) is 10.8. The molecule has 0 aliphatic carbocycles. The Balaban J connectivity index is 2.31. The van der Waals surface area contributed by atoms with Crippen molar-refractivity contribution in [3.63, 3.8) is 0 Å². The van der Waals surface area contributed by atoms with Crippen LogP contribution in [-0.4, -0.2) is 9.55 Å². The smallest absolute Gasteiger partial charge is 0.263 e. The molecule has 0 aliphatic heterocycles. The summed E-state index contributed by atoms with van der Waals surface area (Å²) in [4.78, 5) is 17.1. The Kier molecular flexibility index (Phi) is 2.94. The molecule has 0 atom stereocenters. The Labute approximate surface area is 131 Å². The van der Waals surface area contributed by atoms with Crippen molar-refractivity contribution >= 4 is 33.3 Å². The zero-order valence-electron chi connectivity index (χ0n) is 11.5. The van der Waals surface area contributed by atoms with E-state index in [0.717, 1.165) is 16.6 Å². The van der Waals surface area contributed by atoms with E-state index in [2.05, 4.69) is 4.98 Å². The molecule has 4 rings (SSSR count). The fourth-order valence-corrected chi connectivity index (χ4v) is 3.07. The van der Waals surface area contributed by atoms with Gasteiger partial charge in [0.05, 0.1) is 10.9 Å². The van der Waals surface area contributed by atoms with E-state index in [1.54, 1.807) is 16.8 Å². The van der Waals surface area contributed by atoms with Gasteiger partial charge in [-0.05, 0) is 24.3 Å². The van der Waals surface area contributed by atoms with Gasteiger partial charge in [-0.1, -0.05) is 48.0 Å². The first kappa shape index (κ1) is 13.0. The summed E-state index contributed by atoms with van der Waals surface area (Å²) in [6.45, 7) is 0. The topological polar surface area (TPSA) is 34.9 Å². The third kappa shape index (κ3) is 1.83. The van der Waals surface area contributed by atoms with Gasteiger partial charge in [-0.3, -0.25) is 9.36 Å². The van der Waals surface area contributed by atoms with Crippen LogP contribution in [0.3, 0.4) is 0 Å². The Bertz CT molecular complexity index is 1060. The van der Waals surface area contributed by atoms with Crippen LogP contribution in [0.4, 0.5) is 0 Å². The molecule has 0 radical (unpaired) electrons. The highest BCUT2D eigenvalue weighted by atomic mass is 35.5. The second-order valence-electron chi connectivity index (χ2n) is 5.02. The highest BCUT2D eigenvalue weighted by Crippen LogP contribution is 2.28. The minimum atomic E-state index is -0.0933. The summed E-state index contributed by atoms with van der Waals surface area (Å²) < 4.78 is 1.72. The quantitative estimate of drug-likeness (QED) is 0.390. The minimum absolute atomic E-state index is 0.0933. The molecule has 4 aromatic rings. The standard InChI is InChI=1S/C18H11ClN2O/c19-17-16-13-8-4-5-9-15(13)21(12-6-2-1-3-7-12)18(22)14(16)10-11-20-17/h1-11H. The lowest BCUT2D eigenvalue weighted by molar-refractivity contribution is 1.06. The van der Waals surface area contributed by atoms with E-state index < -0.39 is 0 Å². The molecule has 0 aliphatic rings. The lowest BCUT2D eigenvalue weighted by atomic mass is 10.1. The third-order valence-electron chi connectivity index (χ3n) is 3.77. The maximum Gasteiger partial charge on any atom is 0.263 e. The van der Waals surface area contributed by atoms with Crippen LogP contribution < -0.4 is 5.56 Å².